The third-order valence-corrected chi connectivity index (χ3v) is 4.62. The molecule has 7 heteroatoms. The first kappa shape index (κ1) is 16.9. The number of carbonyl (C=O) groups is 1. The highest BCUT2D eigenvalue weighted by molar-refractivity contribution is 7.16. The second-order valence-corrected chi connectivity index (χ2v) is 6.53. The molecule has 0 aliphatic carbocycles. The van der Waals surface area contributed by atoms with Crippen LogP contribution in [0.1, 0.15) is 15.2 Å². The van der Waals surface area contributed by atoms with Gasteiger partial charge in [-0.3, -0.25) is 4.79 Å². The topological polar surface area (TPSA) is 73.7 Å². The zero-order chi connectivity index (χ0) is 18.0. The SMILES string of the molecule is CN(Cc1cccc(O)c1)C(=O)c1cnc(-c2cccc(O)c2F)s1. The van der Waals surface area contributed by atoms with Crippen LogP contribution in [-0.4, -0.2) is 33.1 Å². The highest BCUT2D eigenvalue weighted by Crippen LogP contribution is 2.31. The Morgan fingerprint density at radius 3 is 2.76 bits per heavy atom. The zero-order valence-electron chi connectivity index (χ0n) is 13.3. The first-order chi connectivity index (χ1) is 12.0. The largest absolute Gasteiger partial charge is 0.508 e. The third kappa shape index (κ3) is 3.61. The third-order valence-electron chi connectivity index (χ3n) is 3.60. The molecule has 128 valence electrons. The number of benzene rings is 2. The van der Waals surface area contributed by atoms with Crippen LogP contribution >= 0.6 is 11.3 Å². The van der Waals surface area contributed by atoms with Gasteiger partial charge in [0.05, 0.1) is 11.8 Å². The number of hydrogen-bond donors (Lipinski definition) is 2. The standard InChI is InChI=1S/C18H15FN2O3S/c1-21(10-11-4-2-5-12(22)8-11)18(24)15-9-20-17(25-15)13-6-3-7-14(23)16(13)19/h2-9,22-23H,10H2,1H3. The Labute approximate surface area is 147 Å². The van der Waals surface area contributed by atoms with E-state index in [-0.39, 0.29) is 17.2 Å². The number of aromatic nitrogens is 1. The minimum atomic E-state index is -0.760. The molecule has 5 nitrogen and oxygen atoms in total. The number of aromatic hydroxyl groups is 2. The molecular weight excluding hydrogens is 343 g/mol. The minimum absolute atomic E-state index is 0.137. The van der Waals surface area contributed by atoms with Gasteiger partial charge >= 0.3 is 0 Å². The molecule has 1 amide bonds. The maximum atomic E-state index is 14.0. The smallest absolute Gasteiger partial charge is 0.265 e. The van der Waals surface area contributed by atoms with Crippen molar-refractivity contribution in [2.24, 2.45) is 0 Å². The van der Waals surface area contributed by atoms with E-state index in [0.717, 1.165) is 16.9 Å². The van der Waals surface area contributed by atoms with E-state index in [1.807, 2.05) is 6.07 Å². The van der Waals surface area contributed by atoms with Crippen LogP contribution in [0.2, 0.25) is 0 Å². The van der Waals surface area contributed by atoms with E-state index in [2.05, 4.69) is 4.98 Å². The van der Waals surface area contributed by atoms with Gasteiger partial charge in [0.25, 0.3) is 5.91 Å². The molecule has 0 atom stereocenters. The first-order valence-corrected chi connectivity index (χ1v) is 8.24. The Kier molecular flexibility index (Phi) is 4.67. The molecule has 0 unspecified atom stereocenters. The van der Waals surface area contributed by atoms with Crippen molar-refractivity contribution >= 4 is 17.2 Å². The maximum Gasteiger partial charge on any atom is 0.265 e. The summed E-state index contributed by atoms with van der Waals surface area (Å²) in [4.78, 5) is 18.5. The van der Waals surface area contributed by atoms with Crippen molar-refractivity contribution < 1.29 is 19.4 Å². The maximum absolute atomic E-state index is 14.0. The van der Waals surface area contributed by atoms with Crippen LogP contribution in [0.3, 0.4) is 0 Å². The number of halogens is 1. The van der Waals surface area contributed by atoms with Crippen molar-refractivity contribution in [3.05, 3.63) is 64.9 Å². The molecule has 0 radical (unpaired) electrons. The van der Waals surface area contributed by atoms with E-state index in [1.165, 1.54) is 29.3 Å². The Balaban J connectivity index is 1.79. The average molecular weight is 358 g/mol. The van der Waals surface area contributed by atoms with Gasteiger partial charge in [0.15, 0.2) is 11.6 Å². The number of thiazole rings is 1. The van der Waals surface area contributed by atoms with Gasteiger partial charge in [-0.2, -0.15) is 0 Å². The summed E-state index contributed by atoms with van der Waals surface area (Å²) in [6, 6.07) is 10.9. The molecule has 0 aliphatic rings. The lowest BCUT2D eigenvalue weighted by atomic mass is 10.2. The van der Waals surface area contributed by atoms with E-state index in [0.29, 0.717) is 16.4 Å². The molecule has 2 N–H and O–H groups in total. The van der Waals surface area contributed by atoms with Crippen molar-refractivity contribution in [3.63, 3.8) is 0 Å². The van der Waals surface area contributed by atoms with Crippen molar-refractivity contribution in [2.45, 2.75) is 6.54 Å². The summed E-state index contributed by atoms with van der Waals surface area (Å²) in [6.45, 7) is 0.320. The summed E-state index contributed by atoms with van der Waals surface area (Å²) in [5.74, 6) is -1.34. The van der Waals surface area contributed by atoms with Crippen molar-refractivity contribution in [1.82, 2.24) is 9.88 Å². The predicted molar refractivity (Wildman–Crippen MR) is 93.1 cm³/mol. The summed E-state index contributed by atoms with van der Waals surface area (Å²) >= 11 is 1.06. The van der Waals surface area contributed by atoms with Gasteiger partial charge < -0.3 is 15.1 Å². The number of amides is 1. The fourth-order valence-corrected chi connectivity index (χ4v) is 3.30. The van der Waals surface area contributed by atoms with Gasteiger partial charge in [0.2, 0.25) is 0 Å². The number of phenols is 2. The van der Waals surface area contributed by atoms with Gasteiger partial charge in [0, 0.05) is 13.6 Å². The van der Waals surface area contributed by atoms with Crippen LogP contribution < -0.4 is 0 Å². The summed E-state index contributed by atoms with van der Waals surface area (Å²) in [5, 5.41) is 19.3. The van der Waals surface area contributed by atoms with E-state index in [9.17, 15) is 19.4 Å². The Morgan fingerprint density at radius 2 is 2.00 bits per heavy atom. The fraction of sp³-hybridized carbons (Fsp3) is 0.111. The van der Waals surface area contributed by atoms with Crippen LogP contribution in [0.4, 0.5) is 4.39 Å². The monoisotopic (exact) mass is 358 g/mol. The van der Waals surface area contributed by atoms with Gasteiger partial charge in [-0.25, -0.2) is 9.37 Å². The lowest BCUT2D eigenvalue weighted by Gasteiger charge is -2.16. The average Bonchev–Trinajstić information content (AvgIpc) is 3.06. The number of carbonyl (C=O) groups excluding carboxylic acids is 1. The second kappa shape index (κ2) is 6.90. The van der Waals surface area contributed by atoms with Gasteiger partial charge in [-0.05, 0) is 29.8 Å². The second-order valence-electron chi connectivity index (χ2n) is 5.50. The molecule has 0 saturated carbocycles. The molecule has 1 aromatic heterocycles. The number of phenolic OH excluding ortho intramolecular Hbond substituents is 2. The Hall–Kier alpha value is -2.93. The summed E-state index contributed by atoms with van der Waals surface area (Å²) < 4.78 is 14.0. The Bertz CT molecular complexity index is 926. The quantitative estimate of drug-likeness (QED) is 0.747. The van der Waals surface area contributed by atoms with Crippen LogP contribution in [0.25, 0.3) is 10.6 Å². The Morgan fingerprint density at radius 1 is 1.24 bits per heavy atom. The molecular formula is C18H15FN2O3S. The number of nitrogens with zero attached hydrogens (tertiary/aromatic N) is 2. The number of rotatable bonds is 4. The van der Waals surface area contributed by atoms with Crippen LogP contribution in [0.15, 0.2) is 48.7 Å². The summed E-state index contributed by atoms with van der Waals surface area (Å²) in [5.41, 5.74) is 0.944. The predicted octanol–water partition coefficient (Wildman–Crippen LogP) is 3.63. The zero-order valence-corrected chi connectivity index (χ0v) is 14.1. The van der Waals surface area contributed by atoms with Crippen LogP contribution in [-0.2, 0) is 6.54 Å². The van der Waals surface area contributed by atoms with E-state index < -0.39 is 11.6 Å². The number of hydrogen-bond acceptors (Lipinski definition) is 5. The van der Waals surface area contributed by atoms with Crippen LogP contribution in [0.5, 0.6) is 11.5 Å². The molecule has 3 rings (SSSR count). The fourth-order valence-electron chi connectivity index (χ4n) is 2.37. The summed E-state index contributed by atoms with van der Waals surface area (Å²) in [6.07, 6.45) is 1.39. The molecule has 0 saturated heterocycles. The van der Waals surface area contributed by atoms with Crippen LogP contribution in [0, 0.1) is 5.82 Å². The molecule has 0 bridgehead atoms. The van der Waals surface area contributed by atoms with E-state index in [1.54, 1.807) is 25.2 Å². The molecule has 1 heterocycles. The molecule has 3 aromatic rings. The molecule has 2 aromatic carbocycles. The lowest BCUT2D eigenvalue weighted by Crippen LogP contribution is -2.25. The molecule has 0 aliphatic heterocycles. The highest BCUT2D eigenvalue weighted by Gasteiger charge is 2.18. The van der Waals surface area contributed by atoms with E-state index in [4.69, 9.17) is 0 Å². The van der Waals surface area contributed by atoms with Crippen molar-refractivity contribution in [2.75, 3.05) is 7.05 Å². The molecule has 25 heavy (non-hydrogen) atoms. The van der Waals surface area contributed by atoms with Gasteiger partial charge in [-0.1, -0.05) is 18.2 Å². The molecule has 0 spiro atoms. The minimum Gasteiger partial charge on any atom is -0.508 e. The summed E-state index contributed by atoms with van der Waals surface area (Å²) in [7, 11) is 1.64. The first-order valence-electron chi connectivity index (χ1n) is 7.43. The lowest BCUT2D eigenvalue weighted by molar-refractivity contribution is 0.0789. The van der Waals surface area contributed by atoms with Crippen molar-refractivity contribution in [1.29, 1.82) is 0 Å². The normalized spacial score (nSPS) is 10.6. The van der Waals surface area contributed by atoms with Gasteiger partial charge in [-0.15, -0.1) is 11.3 Å². The highest BCUT2D eigenvalue weighted by atomic mass is 32.1. The molecule has 0 fully saturated rings. The van der Waals surface area contributed by atoms with E-state index >= 15 is 0 Å². The van der Waals surface area contributed by atoms with Crippen molar-refractivity contribution in [3.8, 4) is 22.1 Å². The van der Waals surface area contributed by atoms with Gasteiger partial charge in [0.1, 0.15) is 15.6 Å².